The molecule has 1 atom stereocenters. The lowest BCUT2D eigenvalue weighted by Crippen LogP contribution is -2.17. The molecule has 0 heterocycles. The maximum absolute atomic E-state index is 6.14. The van der Waals surface area contributed by atoms with Gasteiger partial charge in [-0.25, -0.2) is 0 Å². The second-order valence-corrected chi connectivity index (χ2v) is 5.73. The molecule has 1 aromatic rings. The Morgan fingerprint density at radius 2 is 1.79 bits per heavy atom. The lowest BCUT2D eigenvalue weighted by atomic mass is 10.00. The fraction of sp³-hybridized carbons (Fsp3) is 0.647. The van der Waals surface area contributed by atoms with Crippen molar-refractivity contribution in [1.82, 2.24) is 0 Å². The molecule has 0 spiro atoms. The molecule has 0 saturated carbocycles. The molecule has 1 unspecified atom stereocenters. The van der Waals surface area contributed by atoms with Crippen LogP contribution in [0.2, 0.25) is 0 Å². The highest BCUT2D eigenvalue weighted by Gasteiger charge is 2.06. The van der Waals surface area contributed by atoms with Gasteiger partial charge in [0.1, 0.15) is 0 Å². The van der Waals surface area contributed by atoms with E-state index in [1.807, 2.05) is 0 Å². The molecule has 0 radical (unpaired) electrons. The summed E-state index contributed by atoms with van der Waals surface area (Å²) in [6.45, 7) is 8.12. The maximum Gasteiger partial charge on any atom is 0.0659 e. The molecule has 0 saturated heterocycles. The van der Waals surface area contributed by atoms with Crippen LogP contribution in [0.4, 0.5) is 0 Å². The van der Waals surface area contributed by atoms with E-state index in [1.165, 1.54) is 24.0 Å². The van der Waals surface area contributed by atoms with Gasteiger partial charge in [-0.1, -0.05) is 57.9 Å². The lowest BCUT2D eigenvalue weighted by Gasteiger charge is -2.13. The first-order valence-electron chi connectivity index (χ1n) is 7.55. The van der Waals surface area contributed by atoms with Gasteiger partial charge in [0, 0.05) is 6.61 Å². The van der Waals surface area contributed by atoms with Crippen LogP contribution in [0, 0.1) is 5.92 Å². The summed E-state index contributed by atoms with van der Waals surface area (Å²) in [4.78, 5) is 0. The summed E-state index contributed by atoms with van der Waals surface area (Å²) >= 11 is 0. The van der Waals surface area contributed by atoms with Gasteiger partial charge in [-0.15, -0.1) is 0 Å². The van der Waals surface area contributed by atoms with E-state index in [4.69, 9.17) is 10.5 Å². The number of nitrogens with two attached hydrogens (primary N) is 1. The van der Waals surface area contributed by atoms with Gasteiger partial charge in [-0.3, -0.25) is 0 Å². The number of hydrogen-bond acceptors (Lipinski definition) is 2. The van der Waals surface area contributed by atoms with Gasteiger partial charge in [-0.2, -0.15) is 0 Å². The molecule has 0 fully saturated rings. The van der Waals surface area contributed by atoms with Crippen molar-refractivity contribution >= 4 is 0 Å². The molecule has 2 heteroatoms. The molecule has 1 rings (SSSR count). The lowest BCUT2D eigenvalue weighted by molar-refractivity contribution is 0.117. The van der Waals surface area contributed by atoms with Gasteiger partial charge in [0.25, 0.3) is 0 Å². The minimum absolute atomic E-state index is 0.00488. The molecule has 0 aromatic heterocycles. The average Bonchev–Trinajstić information content (AvgIpc) is 2.38. The quantitative estimate of drug-likeness (QED) is 0.681. The SMILES string of the molecule is CCCCCOCC(N)c1ccc(CC(C)C)cc1. The van der Waals surface area contributed by atoms with Crippen molar-refractivity contribution in [3.05, 3.63) is 35.4 Å². The number of hydrogen-bond donors (Lipinski definition) is 1. The summed E-state index contributed by atoms with van der Waals surface area (Å²) in [6.07, 6.45) is 4.73. The highest BCUT2D eigenvalue weighted by Crippen LogP contribution is 2.14. The normalized spacial score (nSPS) is 12.9. The topological polar surface area (TPSA) is 35.2 Å². The molecule has 2 nitrogen and oxygen atoms in total. The summed E-state index contributed by atoms with van der Waals surface area (Å²) in [6, 6.07) is 8.64. The van der Waals surface area contributed by atoms with Gasteiger partial charge >= 0.3 is 0 Å². The van der Waals surface area contributed by atoms with Crippen LogP contribution in [-0.2, 0) is 11.2 Å². The maximum atomic E-state index is 6.14. The van der Waals surface area contributed by atoms with Crippen molar-refractivity contribution in [2.75, 3.05) is 13.2 Å². The van der Waals surface area contributed by atoms with Crippen LogP contribution in [0.5, 0.6) is 0 Å². The Kier molecular flexibility index (Phi) is 7.76. The van der Waals surface area contributed by atoms with Crippen LogP contribution in [0.3, 0.4) is 0 Å². The third-order valence-corrected chi connectivity index (χ3v) is 3.24. The minimum atomic E-state index is -0.00488. The van der Waals surface area contributed by atoms with Crippen molar-refractivity contribution in [2.24, 2.45) is 11.7 Å². The first kappa shape index (κ1) is 16.2. The van der Waals surface area contributed by atoms with Crippen LogP contribution in [-0.4, -0.2) is 13.2 Å². The van der Waals surface area contributed by atoms with Gasteiger partial charge in [-0.05, 0) is 29.9 Å². The smallest absolute Gasteiger partial charge is 0.0659 e. The molecule has 108 valence electrons. The minimum Gasteiger partial charge on any atom is -0.379 e. The predicted octanol–water partition coefficient (Wildman–Crippen LogP) is 4.09. The summed E-state index contributed by atoms with van der Waals surface area (Å²) in [5.41, 5.74) is 8.69. The highest BCUT2D eigenvalue weighted by atomic mass is 16.5. The first-order chi connectivity index (χ1) is 9.13. The summed E-state index contributed by atoms with van der Waals surface area (Å²) in [7, 11) is 0. The summed E-state index contributed by atoms with van der Waals surface area (Å²) < 4.78 is 5.62. The van der Waals surface area contributed by atoms with Gasteiger partial charge in [0.2, 0.25) is 0 Å². The van der Waals surface area contributed by atoms with E-state index in [9.17, 15) is 0 Å². The van der Waals surface area contributed by atoms with Crippen LogP contribution >= 0.6 is 0 Å². The molecule has 0 aliphatic heterocycles. The number of rotatable bonds is 9. The van der Waals surface area contributed by atoms with Crippen molar-refractivity contribution in [3.63, 3.8) is 0 Å². The average molecular weight is 263 g/mol. The van der Waals surface area contributed by atoms with Crippen LogP contribution < -0.4 is 5.73 Å². The van der Waals surface area contributed by atoms with E-state index < -0.39 is 0 Å². The second-order valence-electron chi connectivity index (χ2n) is 5.73. The fourth-order valence-corrected chi connectivity index (χ4v) is 2.13. The van der Waals surface area contributed by atoms with Crippen molar-refractivity contribution in [3.8, 4) is 0 Å². The fourth-order valence-electron chi connectivity index (χ4n) is 2.13. The number of ether oxygens (including phenoxy) is 1. The third-order valence-electron chi connectivity index (χ3n) is 3.24. The zero-order valence-electron chi connectivity index (χ0n) is 12.7. The number of benzene rings is 1. The predicted molar refractivity (Wildman–Crippen MR) is 82.3 cm³/mol. The molecule has 19 heavy (non-hydrogen) atoms. The van der Waals surface area contributed by atoms with Gasteiger partial charge < -0.3 is 10.5 Å². The molecule has 0 amide bonds. The second kappa shape index (κ2) is 9.11. The van der Waals surface area contributed by atoms with E-state index >= 15 is 0 Å². The molecule has 0 bridgehead atoms. The van der Waals surface area contributed by atoms with Crippen LogP contribution in [0.1, 0.15) is 57.2 Å². The Bertz CT molecular complexity index is 332. The molecule has 1 aromatic carbocycles. The summed E-state index contributed by atoms with van der Waals surface area (Å²) in [5, 5.41) is 0. The zero-order chi connectivity index (χ0) is 14.1. The van der Waals surface area contributed by atoms with Crippen molar-refractivity contribution < 1.29 is 4.74 Å². The monoisotopic (exact) mass is 263 g/mol. The molecule has 2 N–H and O–H groups in total. The number of unbranched alkanes of at least 4 members (excludes halogenated alkanes) is 2. The van der Waals surface area contributed by atoms with Crippen LogP contribution in [0.25, 0.3) is 0 Å². The Balaban J connectivity index is 2.33. The first-order valence-corrected chi connectivity index (χ1v) is 7.55. The molecule has 0 aliphatic carbocycles. The molecule has 0 aliphatic rings. The Labute approximate surface area is 118 Å². The van der Waals surface area contributed by atoms with E-state index in [2.05, 4.69) is 45.0 Å². The van der Waals surface area contributed by atoms with Gasteiger partial charge in [0.05, 0.1) is 12.6 Å². The largest absolute Gasteiger partial charge is 0.379 e. The third kappa shape index (κ3) is 6.74. The Hall–Kier alpha value is -0.860. The molecular weight excluding hydrogens is 234 g/mol. The highest BCUT2D eigenvalue weighted by molar-refractivity contribution is 5.25. The molecular formula is C17H29NO. The zero-order valence-corrected chi connectivity index (χ0v) is 12.7. The van der Waals surface area contributed by atoms with Crippen molar-refractivity contribution in [1.29, 1.82) is 0 Å². The standard InChI is InChI=1S/C17H29NO/c1-4-5-6-11-19-13-17(18)16-9-7-15(8-10-16)12-14(2)3/h7-10,14,17H,4-6,11-13,18H2,1-3H3. The van der Waals surface area contributed by atoms with Crippen molar-refractivity contribution in [2.45, 2.75) is 52.5 Å². The van der Waals surface area contributed by atoms with E-state index in [0.29, 0.717) is 12.5 Å². The van der Waals surface area contributed by atoms with E-state index in [1.54, 1.807) is 0 Å². The van der Waals surface area contributed by atoms with Crippen LogP contribution in [0.15, 0.2) is 24.3 Å². The van der Waals surface area contributed by atoms with E-state index in [-0.39, 0.29) is 6.04 Å². The Morgan fingerprint density at radius 1 is 1.11 bits per heavy atom. The van der Waals surface area contributed by atoms with Gasteiger partial charge in [0.15, 0.2) is 0 Å². The Morgan fingerprint density at radius 3 is 2.37 bits per heavy atom. The van der Waals surface area contributed by atoms with E-state index in [0.717, 1.165) is 19.4 Å². The summed E-state index contributed by atoms with van der Waals surface area (Å²) in [5.74, 6) is 0.696.